The Hall–Kier alpha value is -1.04. The van der Waals surface area contributed by atoms with E-state index in [1.807, 2.05) is 6.92 Å². The molecule has 0 aromatic carbocycles. The zero-order valence-electron chi connectivity index (χ0n) is 7.42. The van der Waals surface area contributed by atoms with E-state index < -0.39 is 17.9 Å². The number of nitrogens with zero attached hydrogens (tertiary/aromatic N) is 2. The molecule has 1 atom stereocenters. The highest BCUT2D eigenvalue weighted by atomic mass is 19.3. The maximum Gasteiger partial charge on any atom is 0.315 e. The number of hydrogen-bond acceptors (Lipinski definition) is 4. The highest BCUT2D eigenvalue weighted by molar-refractivity contribution is 5.01. The van der Waals surface area contributed by atoms with Crippen molar-refractivity contribution in [3.63, 3.8) is 0 Å². The Labute approximate surface area is 74.1 Å². The minimum absolute atomic E-state index is 0.116. The van der Waals surface area contributed by atoms with Crippen molar-refractivity contribution in [2.75, 3.05) is 0 Å². The molecule has 4 nitrogen and oxygen atoms in total. The largest absolute Gasteiger partial charge is 0.333 e. The Bertz CT molecular complexity index is 285. The van der Waals surface area contributed by atoms with Crippen molar-refractivity contribution in [1.82, 2.24) is 10.1 Å². The van der Waals surface area contributed by atoms with Gasteiger partial charge in [0.15, 0.2) is 5.82 Å². The van der Waals surface area contributed by atoms with E-state index in [1.54, 1.807) is 6.92 Å². The Morgan fingerprint density at radius 1 is 1.62 bits per heavy atom. The van der Waals surface area contributed by atoms with Gasteiger partial charge in [-0.05, 0) is 13.3 Å². The first-order valence-corrected chi connectivity index (χ1v) is 3.88. The van der Waals surface area contributed by atoms with Crippen LogP contribution in [0.3, 0.4) is 0 Å². The Kier molecular flexibility index (Phi) is 2.60. The van der Waals surface area contributed by atoms with Gasteiger partial charge in [-0.25, -0.2) is 0 Å². The maximum atomic E-state index is 12.0. The lowest BCUT2D eigenvalue weighted by atomic mass is 10.0. The lowest BCUT2D eigenvalue weighted by Crippen LogP contribution is -2.33. The van der Waals surface area contributed by atoms with Crippen molar-refractivity contribution in [1.29, 1.82) is 0 Å². The maximum absolute atomic E-state index is 12.0. The normalized spacial score (nSPS) is 16.2. The van der Waals surface area contributed by atoms with E-state index in [2.05, 4.69) is 14.7 Å². The van der Waals surface area contributed by atoms with Gasteiger partial charge >= 0.3 is 6.43 Å². The van der Waals surface area contributed by atoms with Crippen LogP contribution in [0.15, 0.2) is 4.52 Å². The molecule has 13 heavy (non-hydrogen) atoms. The Morgan fingerprint density at radius 2 is 2.23 bits per heavy atom. The quantitative estimate of drug-likeness (QED) is 0.787. The number of rotatable bonds is 3. The molecule has 1 aromatic heterocycles. The van der Waals surface area contributed by atoms with Crippen LogP contribution in [0.2, 0.25) is 0 Å². The smallest absolute Gasteiger partial charge is 0.315 e. The first kappa shape index (κ1) is 10.0. The minimum Gasteiger partial charge on any atom is -0.333 e. The van der Waals surface area contributed by atoms with Gasteiger partial charge in [-0.3, -0.25) is 0 Å². The molecular formula is C7H11F2N3O. The van der Waals surface area contributed by atoms with Gasteiger partial charge in [0.1, 0.15) is 0 Å². The van der Waals surface area contributed by atoms with Crippen molar-refractivity contribution >= 4 is 0 Å². The molecule has 1 unspecified atom stereocenters. The highest BCUT2D eigenvalue weighted by Crippen LogP contribution is 2.22. The van der Waals surface area contributed by atoms with E-state index in [-0.39, 0.29) is 5.82 Å². The zero-order valence-corrected chi connectivity index (χ0v) is 7.42. The first-order chi connectivity index (χ1) is 5.97. The predicted octanol–water partition coefficient (Wildman–Crippen LogP) is 1.59. The lowest BCUT2D eigenvalue weighted by molar-refractivity contribution is 0.106. The minimum atomic E-state index is -2.74. The van der Waals surface area contributed by atoms with Gasteiger partial charge < -0.3 is 10.3 Å². The van der Waals surface area contributed by atoms with Gasteiger partial charge in [-0.2, -0.15) is 13.8 Å². The third kappa shape index (κ3) is 2.00. The average Bonchev–Trinajstić information content (AvgIpc) is 2.52. The second kappa shape index (κ2) is 3.37. The van der Waals surface area contributed by atoms with Crippen LogP contribution in [0, 0.1) is 0 Å². The molecule has 0 radical (unpaired) electrons. The molecule has 0 fully saturated rings. The second-order valence-electron chi connectivity index (χ2n) is 3.03. The van der Waals surface area contributed by atoms with Crippen LogP contribution in [0.4, 0.5) is 8.78 Å². The van der Waals surface area contributed by atoms with Crippen molar-refractivity contribution in [2.45, 2.75) is 32.2 Å². The first-order valence-electron chi connectivity index (χ1n) is 3.88. The summed E-state index contributed by atoms with van der Waals surface area (Å²) in [5, 5.41) is 3.39. The molecule has 1 aromatic rings. The number of alkyl halides is 2. The van der Waals surface area contributed by atoms with Gasteiger partial charge in [0.05, 0.1) is 5.54 Å². The summed E-state index contributed by atoms with van der Waals surface area (Å²) in [5.74, 6) is -0.564. The molecule has 1 rings (SSSR count). The van der Waals surface area contributed by atoms with Crippen molar-refractivity contribution in [3.8, 4) is 0 Å². The van der Waals surface area contributed by atoms with Gasteiger partial charge in [-0.15, -0.1) is 0 Å². The van der Waals surface area contributed by atoms with Crippen LogP contribution >= 0.6 is 0 Å². The zero-order chi connectivity index (χ0) is 10.1. The molecule has 0 amide bonds. The predicted molar refractivity (Wildman–Crippen MR) is 41.1 cm³/mol. The fourth-order valence-electron chi connectivity index (χ4n) is 0.714. The summed E-state index contributed by atoms with van der Waals surface area (Å²) in [7, 11) is 0. The highest BCUT2D eigenvalue weighted by Gasteiger charge is 2.27. The Morgan fingerprint density at radius 3 is 2.62 bits per heavy atom. The van der Waals surface area contributed by atoms with E-state index in [1.165, 1.54) is 0 Å². The van der Waals surface area contributed by atoms with Gasteiger partial charge in [0.2, 0.25) is 0 Å². The van der Waals surface area contributed by atoms with Crippen LogP contribution in [-0.2, 0) is 5.54 Å². The third-order valence-corrected chi connectivity index (χ3v) is 1.87. The van der Waals surface area contributed by atoms with Crippen molar-refractivity contribution < 1.29 is 13.3 Å². The fourth-order valence-corrected chi connectivity index (χ4v) is 0.714. The standard InChI is InChI=1S/C7H11F2N3O/c1-3-7(2,10)6-11-5(4(8)9)13-12-6/h4H,3,10H2,1-2H3. The number of hydrogen-bond donors (Lipinski definition) is 1. The van der Waals surface area contributed by atoms with Gasteiger partial charge in [0.25, 0.3) is 5.89 Å². The molecule has 0 aliphatic rings. The van der Waals surface area contributed by atoms with Crippen molar-refractivity contribution in [2.24, 2.45) is 5.73 Å². The number of aromatic nitrogens is 2. The van der Waals surface area contributed by atoms with Crippen LogP contribution in [0.25, 0.3) is 0 Å². The van der Waals surface area contributed by atoms with E-state index in [4.69, 9.17) is 5.73 Å². The summed E-state index contributed by atoms with van der Waals surface area (Å²) in [4.78, 5) is 3.50. The van der Waals surface area contributed by atoms with Crippen molar-refractivity contribution in [3.05, 3.63) is 11.7 Å². The fraction of sp³-hybridized carbons (Fsp3) is 0.714. The summed E-state index contributed by atoms with van der Waals surface area (Å²) >= 11 is 0. The van der Waals surface area contributed by atoms with E-state index >= 15 is 0 Å². The van der Waals surface area contributed by atoms with E-state index in [0.717, 1.165) is 0 Å². The molecule has 0 aliphatic carbocycles. The molecule has 0 saturated carbocycles. The summed E-state index contributed by atoms with van der Waals surface area (Å²) in [6.45, 7) is 3.48. The second-order valence-corrected chi connectivity index (χ2v) is 3.03. The molecule has 0 spiro atoms. The third-order valence-electron chi connectivity index (χ3n) is 1.87. The van der Waals surface area contributed by atoms with E-state index in [9.17, 15) is 8.78 Å². The van der Waals surface area contributed by atoms with Crippen LogP contribution in [0.1, 0.15) is 38.4 Å². The van der Waals surface area contributed by atoms with Crippen LogP contribution in [0.5, 0.6) is 0 Å². The average molecular weight is 191 g/mol. The lowest BCUT2D eigenvalue weighted by Gasteiger charge is -2.16. The molecular weight excluding hydrogens is 180 g/mol. The van der Waals surface area contributed by atoms with Crippen LogP contribution < -0.4 is 5.73 Å². The molecule has 0 aliphatic heterocycles. The monoisotopic (exact) mass is 191 g/mol. The molecule has 1 heterocycles. The molecule has 6 heteroatoms. The summed E-state index contributed by atoms with van der Waals surface area (Å²) in [6, 6.07) is 0. The molecule has 0 bridgehead atoms. The van der Waals surface area contributed by atoms with Crippen LogP contribution in [-0.4, -0.2) is 10.1 Å². The van der Waals surface area contributed by atoms with E-state index in [0.29, 0.717) is 6.42 Å². The summed E-state index contributed by atoms with van der Waals surface area (Å²) < 4.78 is 28.4. The Balaban J connectivity index is 2.91. The molecule has 0 saturated heterocycles. The summed E-state index contributed by atoms with van der Waals surface area (Å²) in [6.07, 6.45) is -2.19. The van der Waals surface area contributed by atoms with Gasteiger partial charge in [-0.1, -0.05) is 12.1 Å². The topological polar surface area (TPSA) is 64.9 Å². The summed E-state index contributed by atoms with van der Waals surface area (Å²) in [5.41, 5.74) is 4.91. The number of nitrogens with two attached hydrogens (primary N) is 1. The SMILES string of the molecule is CCC(C)(N)c1noc(C(F)F)n1. The van der Waals surface area contributed by atoms with Gasteiger partial charge in [0, 0.05) is 0 Å². The number of halogens is 2. The molecule has 2 N–H and O–H groups in total. The molecule has 74 valence electrons.